The highest BCUT2D eigenvalue weighted by Crippen LogP contribution is 2.39. The average molecular weight is 664 g/mol. The fraction of sp³-hybridized carbons (Fsp3) is 0.278. The Bertz CT molecular complexity index is 1480. The lowest BCUT2D eigenvalue weighted by Crippen LogP contribution is -2.33. The molecule has 3 rings (SSSR count). The number of methoxy groups -OCH3 is 6. The van der Waals surface area contributed by atoms with Crippen LogP contribution in [0.1, 0.15) is 16.7 Å². The lowest BCUT2D eigenvalue weighted by atomic mass is 10.1. The van der Waals surface area contributed by atoms with Crippen molar-refractivity contribution in [2.45, 2.75) is 6.54 Å². The summed E-state index contributed by atoms with van der Waals surface area (Å²) in [7, 11) is 13.3. The van der Waals surface area contributed by atoms with Gasteiger partial charge >= 0.3 is 0 Å². The summed E-state index contributed by atoms with van der Waals surface area (Å²) < 4.78 is 34.7. The van der Waals surface area contributed by atoms with Gasteiger partial charge in [-0.15, -0.1) is 0 Å². The zero-order chi connectivity index (χ0) is 33.1. The summed E-state index contributed by atoms with van der Waals surface area (Å²) in [6, 6.07) is 11.9. The van der Waals surface area contributed by atoms with E-state index >= 15 is 0 Å². The first kappa shape index (κ1) is 36.2. The Morgan fingerprint density at radius 2 is 1.20 bits per heavy atom. The number of hydrogen-bond donors (Lipinski definition) is 0. The number of rotatable bonds is 19. The summed E-state index contributed by atoms with van der Waals surface area (Å²) in [5, 5.41) is 0. The minimum Gasteiger partial charge on any atom is -0.493 e. The molecule has 1 heterocycles. The van der Waals surface area contributed by atoms with Crippen molar-refractivity contribution in [1.82, 2.24) is 0 Å². The van der Waals surface area contributed by atoms with Crippen LogP contribution in [0.15, 0.2) is 84.2 Å². The maximum absolute atomic E-state index is 5.45. The van der Waals surface area contributed by atoms with Crippen LogP contribution in [0.3, 0.4) is 0 Å². The number of hydrogen-bond acceptors (Lipinski definition) is 9. The molecule has 244 valence electrons. The van der Waals surface area contributed by atoms with Gasteiger partial charge in [0.15, 0.2) is 41.9 Å². The van der Waals surface area contributed by atoms with Gasteiger partial charge in [-0.3, -0.25) is 4.99 Å². The third kappa shape index (κ3) is 11.0. The van der Waals surface area contributed by atoms with Gasteiger partial charge in [0.25, 0.3) is 0 Å². The van der Waals surface area contributed by atoms with Crippen LogP contribution in [0.4, 0.5) is 0 Å². The number of aliphatic imine (C=N–C) groups is 1. The molecule has 0 atom stereocenters. The first-order chi connectivity index (χ1) is 22.5. The zero-order valence-electron chi connectivity index (χ0n) is 27.4. The van der Waals surface area contributed by atoms with E-state index in [1.807, 2.05) is 76.4 Å². The molecule has 0 aliphatic rings. The highest BCUT2D eigenvalue weighted by atomic mass is 33.1. The number of aromatic nitrogens is 1. The molecule has 0 aliphatic heterocycles. The maximum Gasteiger partial charge on any atom is 0.203 e. The Hall–Kier alpha value is -4.28. The molecule has 2 aromatic carbocycles. The van der Waals surface area contributed by atoms with E-state index in [9.17, 15) is 0 Å². The van der Waals surface area contributed by atoms with Crippen LogP contribution >= 0.6 is 21.6 Å². The monoisotopic (exact) mass is 663 g/mol. The van der Waals surface area contributed by atoms with Gasteiger partial charge in [0, 0.05) is 30.6 Å². The van der Waals surface area contributed by atoms with Crippen molar-refractivity contribution in [2.75, 3.05) is 60.7 Å². The van der Waals surface area contributed by atoms with Crippen molar-refractivity contribution in [3.63, 3.8) is 0 Å². The molecule has 0 saturated carbocycles. The number of pyridine rings is 1. The molecule has 0 aliphatic carbocycles. The van der Waals surface area contributed by atoms with Crippen LogP contribution in [-0.4, -0.2) is 66.9 Å². The summed E-state index contributed by atoms with van der Waals surface area (Å²) in [5.41, 5.74) is 3.94. The van der Waals surface area contributed by atoms with E-state index in [1.165, 1.54) is 0 Å². The maximum atomic E-state index is 5.45. The predicted octanol–water partition coefficient (Wildman–Crippen LogP) is 7.47. The van der Waals surface area contributed by atoms with Crippen LogP contribution in [0.5, 0.6) is 34.5 Å². The van der Waals surface area contributed by atoms with Crippen molar-refractivity contribution >= 4 is 46.0 Å². The van der Waals surface area contributed by atoms with Crippen LogP contribution in [0, 0.1) is 0 Å². The van der Waals surface area contributed by atoms with Crippen LogP contribution < -0.4 is 33.0 Å². The van der Waals surface area contributed by atoms with Gasteiger partial charge < -0.3 is 28.4 Å². The smallest absolute Gasteiger partial charge is 0.203 e. The predicted molar refractivity (Wildman–Crippen MR) is 193 cm³/mol. The Morgan fingerprint density at radius 1 is 0.696 bits per heavy atom. The van der Waals surface area contributed by atoms with E-state index in [-0.39, 0.29) is 0 Å². The average Bonchev–Trinajstić information content (AvgIpc) is 3.10. The molecular formula is C36H43N2O6S2+. The summed E-state index contributed by atoms with van der Waals surface area (Å²) in [6.45, 7) is 5.59. The minimum atomic E-state index is 0.566. The Morgan fingerprint density at radius 3 is 1.70 bits per heavy atom. The quantitative estimate of drug-likeness (QED) is 0.0430. The molecular weight excluding hydrogens is 621 g/mol. The largest absolute Gasteiger partial charge is 0.493 e. The summed E-state index contributed by atoms with van der Waals surface area (Å²) in [5.74, 6) is 5.57. The standard InChI is InChI=1S/C36H43N2O6S2/c1-8-27(9-11-29-23-31(39-2)35(43-6)32(24-29)40-3)13-16-37-17-21-45-46-22-20-38-18-14-28(15-19-38)10-12-30-25-33(41-4)36(44-7)34(26-30)42-5/h8-16,18-19,23-26H,1,17,20-22H2,2-7H3/q+1/b11-9+,12-10+,27-13+,37-16+. The van der Waals surface area contributed by atoms with Crippen molar-refractivity contribution in [2.24, 2.45) is 4.99 Å². The number of ether oxygens (including phenoxy) is 6. The molecule has 8 nitrogen and oxygen atoms in total. The molecule has 46 heavy (non-hydrogen) atoms. The molecule has 0 N–H and O–H groups in total. The van der Waals surface area contributed by atoms with Crippen LogP contribution in [0.25, 0.3) is 18.2 Å². The topological polar surface area (TPSA) is 71.6 Å². The Labute approximate surface area is 280 Å². The molecule has 0 saturated heterocycles. The van der Waals surface area contributed by atoms with Crippen LogP contribution in [-0.2, 0) is 6.54 Å². The first-order valence-corrected chi connectivity index (χ1v) is 17.0. The van der Waals surface area contributed by atoms with E-state index in [0.717, 1.165) is 46.9 Å². The number of aryl methyl sites for hydroxylation is 1. The molecule has 0 unspecified atom stereocenters. The van der Waals surface area contributed by atoms with Crippen LogP contribution in [0.2, 0.25) is 0 Å². The van der Waals surface area contributed by atoms with Gasteiger partial charge in [-0.1, -0.05) is 58.5 Å². The fourth-order valence-corrected chi connectivity index (χ4v) is 6.12. The highest BCUT2D eigenvalue weighted by molar-refractivity contribution is 8.76. The van der Waals surface area contributed by atoms with Gasteiger partial charge in [-0.05, 0) is 52.6 Å². The molecule has 0 amide bonds. The van der Waals surface area contributed by atoms with Gasteiger partial charge in [0.1, 0.15) is 0 Å². The molecule has 0 spiro atoms. The molecule has 0 radical (unpaired) electrons. The Kier molecular flexibility index (Phi) is 15.7. The fourth-order valence-electron chi connectivity index (χ4n) is 4.26. The number of benzene rings is 2. The second-order valence-corrected chi connectivity index (χ2v) is 12.2. The summed E-state index contributed by atoms with van der Waals surface area (Å²) in [6.07, 6.45) is 17.8. The third-order valence-electron chi connectivity index (χ3n) is 6.66. The van der Waals surface area contributed by atoms with Crippen molar-refractivity contribution in [1.29, 1.82) is 0 Å². The van der Waals surface area contributed by atoms with E-state index in [2.05, 4.69) is 46.7 Å². The van der Waals surface area contributed by atoms with E-state index < -0.39 is 0 Å². The molecule has 0 bridgehead atoms. The van der Waals surface area contributed by atoms with Crippen molar-refractivity contribution in [3.8, 4) is 34.5 Å². The number of nitrogens with zero attached hydrogens (tertiary/aromatic N) is 2. The van der Waals surface area contributed by atoms with Gasteiger partial charge in [0.2, 0.25) is 11.5 Å². The molecule has 0 fully saturated rings. The molecule has 10 heteroatoms. The van der Waals surface area contributed by atoms with E-state index in [0.29, 0.717) is 34.5 Å². The van der Waals surface area contributed by atoms with E-state index in [1.54, 1.807) is 48.7 Å². The third-order valence-corrected chi connectivity index (χ3v) is 9.02. The normalized spacial score (nSPS) is 11.7. The summed E-state index contributed by atoms with van der Waals surface area (Å²) >= 11 is 0. The van der Waals surface area contributed by atoms with E-state index in [4.69, 9.17) is 28.4 Å². The van der Waals surface area contributed by atoms with Gasteiger partial charge in [-0.25, -0.2) is 4.57 Å². The summed E-state index contributed by atoms with van der Waals surface area (Å²) in [4.78, 5) is 4.52. The van der Waals surface area contributed by atoms with Gasteiger partial charge in [-0.2, -0.15) is 0 Å². The minimum absolute atomic E-state index is 0.566. The second-order valence-electron chi connectivity index (χ2n) is 9.52. The van der Waals surface area contributed by atoms with Crippen molar-refractivity contribution in [3.05, 3.63) is 95.9 Å². The lowest BCUT2D eigenvalue weighted by molar-refractivity contribution is -0.692. The first-order valence-electron chi connectivity index (χ1n) is 14.5. The zero-order valence-corrected chi connectivity index (χ0v) is 29.0. The number of allylic oxidation sites excluding steroid dienone is 4. The SMILES string of the molecule is C=CC(/C=C/c1cc(OC)c(OC)c(OC)c1)=C\C=N\CCSSCC[n+]1ccc(/C=C/c2cc(OC)c(OC)c(OC)c2)cc1. The highest BCUT2D eigenvalue weighted by Gasteiger charge is 2.13. The molecule has 3 aromatic rings. The van der Waals surface area contributed by atoms with Crippen molar-refractivity contribution < 1.29 is 33.0 Å². The molecule has 1 aromatic heterocycles. The Balaban J connectivity index is 1.40. The second kappa shape index (κ2) is 20.0. The van der Waals surface area contributed by atoms with Gasteiger partial charge in [0.05, 0.1) is 48.4 Å². The lowest BCUT2D eigenvalue weighted by Gasteiger charge is -2.12.